The van der Waals surface area contributed by atoms with Crippen LogP contribution in [0.15, 0.2) is 48.0 Å². The van der Waals surface area contributed by atoms with E-state index in [1.54, 1.807) is 24.3 Å². The summed E-state index contributed by atoms with van der Waals surface area (Å²) >= 11 is 0. The Morgan fingerprint density at radius 1 is 1.33 bits per heavy atom. The predicted molar refractivity (Wildman–Crippen MR) is 128 cm³/mol. The number of nitrogens with one attached hydrogen (secondary N) is 1. The minimum Gasteiger partial charge on any atom is -0.460 e. The molecular weight excluding hydrogens is 440 g/mol. The van der Waals surface area contributed by atoms with Crippen LogP contribution < -0.4 is 5.32 Å². The van der Waals surface area contributed by atoms with Crippen molar-refractivity contribution in [3.63, 3.8) is 0 Å². The van der Waals surface area contributed by atoms with Crippen molar-refractivity contribution in [3.05, 3.63) is 65.9 Å². The van der Waals surface area contributed by atoms with Crippen molar-refractivity contribution in [2.45, 2.75) is 51.2 Å². The molecule has 0 aliphatic carbocycles. The van der Waals surface area contributed by atoms with E-state index in [1.807, 2.05) is 33.0 Å². The lowest BCUT2D eigenvalue weighted by Gasteiger charge is -2.27. The molecule has 1 atom stereocenters. The van der Waals surface area contributed by atoms with Crippen molar-refractivity contribution in [1.29, 1.82) is 0 Å². The largest absolute Gasteiger partial charge is 0.460 e. The fraction of sp³-hybridized carbons (Fsp3) is 0.417. The maximum absolute atomic E-state index is 13.3. The summed E-state index contributed by atoms with van der Waals surface area (Å²) in [5.74, 6) is 0.438. The monoisotopic (exact) mass is 472 g/mol. The summed E-state index contributed by atoms with van der Waals surface area (Å²) in [5, 5.41) is 3.15. The van der Waals surface area contributed by atoms with E-state index in [-0.39, 0.29) is 17.4 Å². The van der Waals surface area contributed by atoms with Crippen molar-refractivity contribution in [1.82, 2.24) is 19.2 Å². The van der Waals surface area contributed by atoms with Crippen LogP contribution in [0.5, 0.6) is 0 Å². The van der Waals surface area contributed by atoms with E-state index in [0.29, 0.717) is 19.5 Å². The summed E-state index contributed by atoms with van der Waals surface area (Å²) in [6, 6.07) is 5.85. The van der Waals surface area contributed by atoms with E-state index in [2.05, 4.69) is 21.4 Å². The van der Waals surface area contributed by atoms with Gasteiger partial charge in [0.25, 0.3) is 0 Å². The third-order valence-electron chi connectivity index (χ3n) is 5.59. The maximum atomic E-state index is 13.3. The molecule has 1 aliphatic rings. The number of imidazole rings is 1. The Hall–Kier alpha value is -2.91. The van der Waals surface area contributed by atoms with Gasteiger partial charge in [-0.05, 0) is 49.2 Å². The van der Waals surface area contributed by atoms with Gasteiger partial charge in [0.05, 0.1) is 22.8 Å². The topological polar surface area (TPSA) is 93.5 Å². The SMILES string of the molecule is C=CCOC(=O)[C@H](CC(C)C)N(C)S(=O)(=O)c1ccc(Cn2c(C)nc3c2C=CNC3)cc1. The number of carbonyl (C=O) groups is 1. The van der Waals surface area contributed by atoms with Crippen LogP contribution in [0.1, 0.15) is 43.0 Å². The number of aryl methyl sites for hydroxylation is 1. The van der Waals surface area contributed by atoms with E-state index >= 15 is 0 Å². The quantitative estimate of drug-likeness (QED) is 0.422. The highest BCUT2D eigenvalue weighted by atomic mass is 32.2. The van der Waals surface area contributed by atoms with Crippen LogP contribution in [-0.4, -0.2) is 47.9 Å². The van der Waals surface area contributed by atoms with Crippen LogP contribution in [-0.2, 0) is 32.6 Å². The van der Waals surface area contributed by atoms with E-state index in [0.717, 1.165) is 27.1 Å². The van der Waals surface area contributed by atoms with Gasteiger partial charge in [0.1, 0.15) is 18.5 Å². The molecule has 0 bridgehead atoms. The lowest BCUT2D eigenvalue weighted by molar-refractivity contribution is -0.147. The lowest BCUT2D eigenvalue weighted by Crippen LogP contribution is -2.44. The van der Waals surface area contributed by atoms with Gasteiger partial charge in [-0.25, -0.2) is 13.4 Å². The van der Waals surface area contributed by atoms with Crippen LogP contribution in [0.3, 0.4) is 0 Å². The maximum Gasteiger partial charge on any atom is 0.324 e. The summed E-state index contributed by atoms with van der Waals surface area (Å²) in [7, 11) is -2.46. The van der Waals surface area contributed by atoms with E-state index < -0.39 is 22.0 Å². The van der Waals surface area contributed by atoms with Crippen molar-refractivity contribution < 1.29 is 17.9 Å². The smallest absolute Gasteiger partial charge is 0.324 e. The molecule has 0 spiro atoms. The van der Waals surface area contributed by atoms with Crippen molar-refractivity contribution >= 4 is 22.1 Å². The standard InChI is InChI=1S/C24H32N4O4S/c1-6-13-32-24(29)23(14-17(2)3)27(5)33(30,31)20-9-7-19(8-10-20)16-28-18(4)26-21-15-25-12-11-22(21)28/h6-12,17,23,25H,1,13-16H2,2-5H3/t23-/m0/s1. The number of carbonyl (C=O) groups excluding carboxylic acids is 1. The summed E-state index contributed by atoms with van der Waals surface area (Å²) < 4.78 is 34.9. The van der Waals surface area contributed by atoms with Gasteiger partial charge in [-0.2, -0.15) is 4.31 Å². The van der Waals surface area contributed by atoms with E-state index in [1.165, 1.54) is 13.1 Å². The number of ether oxygens (including phenoxy) is 1. The van der Waals surface area contributed by atoms with Gasteiger partial charge in [0, 0.05) is 13.6 Å². The predicted octanol–water partition coefficient (Wildman–Crippen LogP) is 3.08. The highest BCUT2D eigenvalue weighted by Gasteiger charge is 2.34. The third kappa shape index (κ3) is 5.54. The molecule has 33 heavy (non-hydrogen) atoms. The molecule has 0 saturated carbocycles. The first-order valence-electron chi connectivity index (χ1n) is 11.0. The van der Waals surface area contributed by atoms with Gasteiger partial charge in [-0.1, -0.05) is 38.6 Å². The zero-order valence-corrected chi connectivity index (χ0v) is 20.4. The zero-order valence-electron chi connectivity index (χ0n) is 19.6. The average molecular weight is 473 g/mol. The van der Waals surface area contributed by atoms with Crippen LogP contribution in [0.2, 0.25) is 0 Å². The molecule has 1 aromatic carbocycles. The van der Waals surface area contributed by atoms with E-state index in [9.17, 15) is 13.2 Å². The second-order valence-electron chi connectivity index (χ2n) is 8.52. The van der Waals surface area contributed by atoms with Crippen LogP contribution in [0.25, 0.3) is 6.08 Å². The third-order valence-corrected chi connectivity index (χ3v) is 7.47. The summed E-state index contributed by atoms with van der Waals surface area (Å²) in [4.78, 5) is 17.3. The zero-order chi connectivity index (χ0) is 24.2. The minimum atomic E-state index is -3.89. The first kappa shape index (κ1) is 24.7. The molecule has 178 valence electrons. The minimum absolute atomic E-state index is 0.0403. The fourth-order valence-corrected chi connectivity index (χ4v) is 5.13. The van der Waals surface area contributed by atoms with Crippen LogP contribution in [0.4, 0.5) is 0 Å². The lowest BCUT2D eigenvalue weighted by atomic mass is 10.0. The number of hydrogen-bond donors (Lipinski definition) is 1. The van der Waals surface area contributed by atoms with Gasteiger partial charge < -0.3 is 14.6 Å². The van der Waals surface area contributed by atoms with Gasteiger partial charge in [-0.3, -0.25) is 4.79 Å². The molecule has 1 aliphatic heterocycles. The molecule has 0 saturated heterocycles. The first-order chi connectivity index (χ1) is 15.6. The fourth-order valence-electron chi connectivity index (χ4n) is 3.81. The Morgan fingerprint density at radius 3 is 2.67 bits per heavy atom. The number of nitrogens with zero attached hydrogens (tertiary/aromatic N) is 3. The Balaban J connectivity index is 1.81. The molecule has 1 aromatic heterocycles. The Labute approximate surface area is 196 Å². The van der Waals surface area contributed by atoms with Crippen molar-refractivity contribution in [3.8, 4) is 0 Å². The van der Waals surface area contributed by atoms with Crippen LogP contribution >= 0.6 is 0 Å². The molecule has 8 nitrogen and oxygen atoms in total. The summed E-state index contributed by atoms with van der Waals surface area (Å²) in [5.41, 5.74) is 3.00. The molecule has 2 heterocycles. The Morgan fingerprint density at radius 2 is 2.03 bits per heavy atom. The number of benzene rings is 1. The van der Waals surface area contributed by atoms with Gasteiger partial charge in [0.15, 0.2) is 0 Å². The number of sulfonamides is 1. The second-order valence-corrected chi connectivity index (χ2v) is 10.5. The highest BCUT2D eigenvalue weighted by Crippen LogP contribution is 2.23. The van der Waals surface area contributed by atoms with Gasteiger partial charge in [0.2, 0.25) is 10.0 Å². The normalized spacial score (nSPS) is 14.1. The molecule has 0 fully saturated rings. The Kier molecular flexibility index (Phi) is 7.76. The molecule has 0 amide bonds. The Bertz CT molecular complexity index is 1130. The molecule has 3 rings (SSSR count). The number of likely N-dealkylation sites (N-methyl/N-ethyl adjacent to an activating group) is 1. The summed E-state index contributed by atoms with van der Waals surface area (Å²) in [6.07, 6.45) is 5.71. The molecule has 1 N–H and O–H groups in total. The number of fused-ring (bicyclic) bond motifs is 1. The number of hydrogen-bond acceptors (Lipinski definition) is 6. The molecule has 9 heteroatoms. The highest BCUT2D eigenvalue weighted by molar-refractivity contribution is 7.89. The number of esters is 1. The number of rotatable bonds is 10. The molecule has 0 unspecified atom stereocenters. The van der Waals surface area contributed by atoms with Gasteiger partial charge >= 0.3 is 5.97 Å². The first-order valence-corrected chi connectivity index (χ1v) is 12.4. The molecule has 2 aromatic rings. The number of aromatic nitrogens is 2. The second kappa shape index (κ2) is 10.4. The van der Waals surface area contributed by atoms with Gasteiger partial charge in [-0.15, -0.1) is 0 Å². The molecule has 0 radical (unpaired) electrons. The molecular formula is C24H32N4O4S. The average Bonchev–Trinajstić information content (AvgIpc) is 3.10. The van der Waals surface area contributed by atoms with Crippen LogP contribution in [0, 0.1) is 12.8 Å². The van der Waals surface area contributed by atoms with E-state index in [4.69, 9.17) is 4.74 Å². The summed E-state index contributed by atoms with van der Waals surface area (Å²) in [6.45, 7) is 10.7. The van der Waals surface area contributed by atoms with Crippen molar-refractivity contribution in [2.75, 3.05) is 13.7 Å². The van der Waals surface area contributed by atoms with Crippen molar-refractivity contribution in [2.24, 2.45) is 5.92 Å².